The highest BCUT2D eigenvalue weighted by Gasteiger charge is 2.21. The Morgan fingerprint density at radius 1 is 0.760 bits per heavy atom. The van der Waals surface area contributed by atoms with Crippen molar-refractivity contribution in [3.8, 4) is 17.2 Å². The van der Waals surface area contributed by atoms with Gasteiger partial charge in [0, 0.05) is 0 Å². The van der Waals surface area contributed by atoms with Gasteiger partial charge in [0.1, 0.15) is 0 Å². The number of benzene rings is 2. The fourth-order valence-corrected chi connectivity index (χ4v) is 3.22. The van der Waals surface area contributed by atoms with Gasteiger partial charge in [-0.05, 0) is 47.9 Å². The van der Waals surface area contributed by atoms with Crippen molar-refractivity contribution < 1.29 is 0 Å². The molecule has 0 aliphatic heterocycles. The fraction of sp³-hybridized carbons (Fsp3) is 0.458. The van der Waals surface area contributed by atoms with Crippen LogP contribution in [0.5, 0.6) is 0 Å². The van der Waals surface area contributed by atoms with Gasteiger partial charge in [-0.1, -0.05) is 88.6 Å². The van der Waals surface area contributed by atoms with E-state index in [1.807, 2.05) is 13.8 Å². The Hall–Kier alpha value is -2.07. The molecule has 0 radical (unpaired) electrons. The molecule has 0 N–H and O–H groups in total. The third-order valence-corrected chi connectivity index (χ3v) is 5.29. The van der Waals surface area contributed by atoms with Crippen LogP contribution in [0.2, 0.25) is 0 Å². The van der Waals surface area contributed by atoms with Crippen LogP contribution in [-0.4, -0.2) is 0 Å². The van der Waals surface area contributed by atoms with Crippen LogP contribution in [0.3, 0.4) is 0 Å². The van der Waals surface area contributed by atoms with E-state index < -0.39 is 5.41 Å². The lowest BCUT2D eigenvalue weighted by Crippen LogP contribution is -2.16. The van der Waals surface area contributed by atoms with Crippen molar-refractivity contribution in [2.75, 3.05) is 0 Å². The number of rotatable bonds is 7. The summed E-state index contributed by atoms with van der Waals surface area (Å²) >= 11 is 0. The summed E-state index contributed by atoms with van der Waals surface area (Å²) in [5, 5.41) is 9.27. The van der Waals surface area contributed by atoms with Gasteiger partial charge in [-0.2, -0.15) is 5.26 Å². The van der Waals surface area contributed by atoms with Crippen LogP contribution in [0.4, 0.5) is 0 Å². The summed E-state index contributed by atoms with van der Waals surface area (Å²) in [5.41, 5.74) is 4.70. The van der Waals surface area contributed by atoms with Crippen LogP contribution in [-0.2, 0) is 10.8 Å². The maximum atomic E-state index is 9.27. The molecule has 1 nitrogen and oxygen atoms in total. The minimum Gasteiger partial charge on any atom is -0.197 e. The molecule has 2 aromatic rings. The molecule has 0 fully saturated rings. The van der Waals surface area contributed by atoms with Gasteiger partial charge >= 0.3 is 0 Å². The third kappa shape index (κ3) is 4.73. The molecule has 0 aromatic heterocycles. The molecule has 0 atom stereocenters. The number of hydrogen-bond donors (Lipinski definition) is 0. The Labute approximate surface area is 153 Å². The van der Waals surface area contributed by atoms with E-state index >= 15 is 0 Å². The van der Waals surface area contributed by atoms with Gasteiger partial charge in [0.15, 0.2) is 0 Å². The summed E-state index contributed by atoms with van der Waals surface area (Å²) in [5.74, 6) is 0. The Bertz CT molecular complexity index is 712. The highest BCUT2D eigenvalue weighted by atomic mass is 14.3. The molecule has 0 spiro atoms. The molecule has 132 valence electrons. The second kappa shape index (κ2) is 7.87. The number of unbranched alkanes of at least 4 members (excludes halogenated alkanes) is 2. The largest absolute Gasteiger partial charge is 0.197 e. The first kappa shape index (κ1) is 19.3. The van der Waals surface area contributed by atoms with E-state index in [0.29, 0.717) is 0 Å². The molecule has 0 saturated heterocycles. The molecule has 0 saturated carbocycles. The summed E-state index contributed by atoms with van der Waals surface area (Å²) in [7, 11) is 0. The number of hydrogen-bond acceptors (Lipinski definition) is 1. The lowest BCUT2D eigenvalue weighted by molar-refractivity contribution is 0.450. The molecule has 25 heavy (non-hydrogen) atoms. The maximum Gasteiger partial charge on any atom is 0.0766 e. The fourth-order valence-electron chi connectivity index (χ4n) is 3.22. The van der Waals surface area contributed by atoms with Crippen molar-refractivity contribution in [1.29, 1.82) is 5.26 Å². The highest BCUT2D eigenvalue weighted by Crippen LogP contribution is 2.32. The summed E-state index contributed by atoms with van der Waals surface area (Å²) in [6, 6.07) is 19.7. The standard InChI is InChI=1S/C24H31N/c1-6-7-8-17-23(2,3)21-13-9-19(10-14-21)20-11-15-22(16-12-20)24(4,5)18-25/h9-16H,6-8,17H2,1-5H3. The SMILES string of the molecule is CCCCCC(C)(C)c1ccc(-c2ccc(C(C)(C)C#N)cc2)cc1. The molecular formula is C24H31N. The average molecular weight is 334 g/mol. The van der Waals surface area contributed by atoms with Gasteiger partial charge in [0.25, 0.3) is 0 Å². The summed E-state index contributed by atoms with van der Waals surface area (Å²) in [6.45, 7) is 10.9. The quantitative estimate of drug-likeness (QED) is 0.500. The van der Waals surface area contributed by atoms with Crippen molar-refractivity contribution in [2.45, 2.75) is 71.1 Å². The van der Waals surface area contributed by atoms with Crippen molar-refractivity contribution in [3.63, 3.8) is 0 Å². The lowest BCUT2D eigenvalue weighted by atomic mass is 9.79. The van der Waals surface area contributed by atoms with Crippen LogP contribution in [0.1, 0.15) is 71.4 Å². The highest BCUT2D eigenvalue weighted by molar-refractivity contribution is 5.64. The molecule has 0 aliphatic carbocycles. The molecule has 2 aromatic carbocycles. The second-order valence-electron chi connectivity index (χ2n) is 8.23. The Kier molecular flexibility index (Phi) is 6.07. The van der Waals surface area contributed by atoms with E-state index in [-0.39, 0.29) is 5.41 Å². The lowest BCUT2D eigenvalue weighted by Gasteiger charge is -2.25. The van der Waals surface area contributed by atoms with E-state index in [1.54, 1.807) is 0 Å². The number of nitriles is 1. The molecule has 0 amide bonds. The first-order chi connectivity index (χ1) is 11.8. The van der Waals surface area contributed by atoms with Crippen molar-refractivity contribution >= 4 is 0 Å². The first-order valence-electron chi connectivity index (χ1n) is 9.43. The number of nitrogens with zero attached hydrogens (tertiary/aromatic N) is 1. The molecule has 1 heteroatoms. The minimum atomic E-state index is -0.440. The topological polar surface area (TPSA) is 23.8 Å². The van der Waals surface area contributed by atoms with Gasteiger partial charge in [-0.15, -0.1) is 0 Å². The van der Waals surface area contributed by atoms with E-state index in [0.717, 1.165) is 5.56 Å². The van der Waals surface area contributed by atoms with E-state index in [4.69, 9.17) is 0 Å². The molecule has 0 heterocycles. The smallest absolute Gasteiger partial charge is 0.0766 e. The van der Waals surface area contributed by atoms with Crippen LogP contribution in [0.25, 0.3) is 11.1 Å². The molecule has 0 aliphatic rings. The zero-order valence-corrected chi connectivity index (χ0v) is 16.4. The molecule has 0 bridgehead atoms. The van der Waals surface area contributed by atoms with Gasteiger partial charge in [0.05, 0.1) is 11.5 Å². The zero-order chi connectivity index (χ0) is 18.5. The van der Waals surface area contributed by atoms with Crippen molar-refractivity contribution in [2.24, 2.45) is 0 Å². The normalized spacial score (nSPS) is 12.0. The van der Waals surface area contributed by atoms with Crippen LogP contribution in [0.15, 0.2) is 48.5 Å². The Balaban J connectivity index is 2.16. The monoisotopic (exact) mass is 333 g/mol. The van der Waals surface area contributed by atoms with Crippen LogP contribution in [0, 0.1) is 11.3 Å². The molecule has 2 rings (SSSR count). The zero-order valence-electron chi connectivity index (χ0n) is 16.4. The Morgan fingerprint density at radius 3 is 1.68 bits per heavy atom. The van der Waals surface area contributed by atoms with Gasteiger partial charge in [-0.25, -0.2) is 0 Å². The first-order valence-corrected chi connectivity index (χ1v) is 9.43. The predicted octanol–water partition coefficient (Wildman–Crippen LogP) is 7.01. The molecule has 0 unspecified atom stereocenters. The minimum absolute atomic E-state index is 0.231. The average Bonchev–Trinajstić information content (AvgIpc) is 2.62. The second-order valence-corrected chi connectivity index (χ2v) is 8.23. The van der Waals surface area contributed by atoms with Crippen molar-refractivity contribution in [3.05, 3.63) is 59.7 Å². The van der Waals surface area contributed by atoms with E-state index in [1.165, 1.54) is 42.4 Å². The van der Waals surface area contributed by atoms with E-state index in [9.17, 15) is 5.26 Å². The van der Waals surface area contributed by atoms with Gasteiger partial charge in [0.2, 0.25) is 0 Å². The predicted molar refractivity (Wildman–Crippen MR) is 108 cm³/mol. The van der Waals surface area contributed by atoms with Crippen molar-refractivity contribution in [1.82, 2.24) is 0 Å². The summed E-state index contributed by atoms with van der Waals surface area (Å²) < 4.78 is 0. The van der Waals surface area contributed by atoms with Crippen LogP contribution < -0.4 is 0 Å². The summed E-state index contributed by atoms with van der Waals surface area (Å²) in [4.78, 5) is 0. The molecular weight excluding hydrogens is 302 g/mol. The van der Waals surface area contributed by atoms with Gasteiger partial charge in [-0.3, -0.25) is 0 Å². The third-order valence-electron chi connectivity index (χ3n) is 5.29. The van der Waals surface area contributed by atoms with Gasteiger partial charge < -0.3 is 0 Å². The van der Waals surface area contributed by atoms with Crippen LogP contribution >= 0.6 is 0 Å². The van der Waals surface area contributed by atoms with E-state index in [2.05, 4.69) is 75.4 Å². The Morgan fingerprint density at radius 2 is 1.24 bits per heavy atom. The summed E-state index contributed by atoms with van der Waals surface area (Å²) in [6.07, 6.45) is 5.11. The maximum absolute atomic E-state index is 9.27.